The molecule has 1 amide bonds. The second kappa shape index (κ2) is 8.04. The van der Waals surface area contributed by atoms with Gasteiger partial charge in [-0.25, -0.2) is 4.98 Å². The molecule has 3 fully saturated rings. The van der Waals surface area contributed by atoms with Crippen molar-refractivity contribution in [2.75, 3.05) is 25.6 Å². The molecule has 0 unspecified atom stereocenters. The maximum absolute atomic E-state index is 12.3. The second-order valence-electron chi connectivity index (χ2n) is 9.69. The van der Waals surface area contributed by atoms with E-state index in [9.17, 15) is 10.1 Å². The summed E-state index contributed by atoms with van der Waals surface area (Å²) < 4.78 is 19.6. The van der Waals surface area contributed by atoms with Gasteiger partial charge in [-0.15, -0.1) is 0 Å². The molecule has 3 aromatic rings. The first-order chi connectivity index (χ1) is 17.0. The van der Waals surface area contributed by atoms with E-state index in [1.54, 1.807) is 18.0 Å². The van der Waals surface area contributed by atoms with Crippen LogP contribution in [0.25, 0.3) is 22.2 Å². The molecule has 6 rings (SSSR count). The Balaban J connectivity index is 1.45. The number of nitrogens with zero attached hydrogens (tertiary/aromatic N) is 4. The second-order valence-corrected chi connectivity index (χ2v) is 9.69. The molecule has 3 heterocycles. The summed E-state index contributed by atoms with van der Waals surface area (Å²) >= 11 is 0. The normalized spacial score (nSPS) is 23.0. The van der Waals surface area contributed by atoms with Gasteiger partial charge in [-0.1, -0.05) is 12.1 Å². The van der Waals surface area contributed by atoms with E-state index in [-0.39, 0.29) is 11.8 Å². The number of benzene rings is 1. The highest BCUT2D eigenvalue weighted by atomic mass is 16.7. The summed E-state index contributed by atoms with van der Waals surface area (Å²) in [5.74, 6) is 0.506. The molecule has 1 saturated heterocycles. The largest absolute Gasteiger partial charge is 0.496 e. The SMILES string of the molecule is COc1c(-c2nn(C)c3cnc(NC(=O)C4CC4)cc23)cccc1[C@@]1(C#N)CCC2(C1)OCCO2. The molecule has 2 saturated carbocycles. The standard InChI is InChI=1S/C26H27N5O4/c1-31-20-13-28-21(29-24(32)16-6-7-16)12-18(20)22(30-31)17-4-3-5-19(23(17)33-2)25(15-27)8-9-26(14-25)34-10-11-35-26/h3-5,12-13,16H,6-11,14H2,1-2H3,(H,28,29,32)/t25-/m0/s1. The summed E-state index contributed by atoms with van der Waals surface area (Å²) in [6.07, 6.45) is 5.31. The van der Waals surface area contributed by atoms with Crippen LogP contribution in [0.2, 0.25) is 0 Å². The van der Waals surface area contributed by atoms with Gasteiger partial charge in [0.2, 0.25) is 5.91 Å². The van der Waals surface area contributed by atoms with E-state index in [0.717, 1.165) is 34.9 Å². The van der Waals surface area contributed by atoms with Gasteiger partial charge >= 0.3 is 0 Å². The van der Waals surface area contributed by atoms with Crippen LogP contribution < -0.4 is 10.1 Å². The molecule has 180 valence electrons. The van der Waals surface area contributed by atoms with E-state index in [1.807, 2.05) is 31.3 Å². The van der Waals surface area contributed by atoms with Crippen LogP contribution in [-0.2, 0) is 26.7 Å². The fourth-order valence-corrected chi connectivity index (χ4v) is 5.48. The minimum Gasteiger partial charge on any atom is -0.496 e. The molecule has 1 spiro atoms. The summed E-state index contributed by atoms with van der Waals surface area (Å²) in [6.45, 7) is 1.10. The highest BCUT2D eigenvalue weighted by Crippen LogP contribution is 2.53. The van der Waals surface area contributed by atoms with Gasteiger partial charge in [0, 0.05) is 42.3 Å². The van der Waals surface area contributed by atoms with Gasteiger partial charge in [0.05, 0.1) is 43.5 Å². The lowest BCUT2D eigenvalue weighted by Crippen LogP contribution is -2.30. The van der Waals surface area contributed by atoms with Crippen molar-refractivity contribution in [1.29, 1.82) is 5.26 Å². The molecule has 9 nitrogen and oxygen atoms in total. The van der Waals surface area contributed by atoms with Crippen LogP contribution in [0, 0.1) is 17.2 Å². The third-order valence-corrected chi connectivity index (χ3v) is 7.46. The van der Waals surface area contributed by atoms with Crippen molar-refractivity contribution in [3.8, 4) is 23.1 Å². The summed E-state index contributed by atoms with van der Waals surface area (Å²) in [5, 5.41) is 18.9. The van der Waals surface area contributed by atoms with Gasteiger partial charge in [0.15, 0.2) is 5.79 Å². The number of rotatable bonds is 5. The number of amides is 1. The lowest BCUT2D eigenvalue weighted by Gasteiger charge is -2.27. The summed E-state index contributed by atoms with van der Waals surface area (Å²) in [6, 6.07) is 10.3. The average molecular weight is 474 g/mol. The summed E-state index contributed by atoms with van der Waals surface area (Å²) in [7, 11) is 3.48. The maximum Gasteiger partial charge on any atom is 0.228 e. The van der Waals surface area contributed by atoms with Crippen LogP contribution >= 0.6 is 0 Å². The Morgan fingerprint density at radius 1 is 1.29 bits per heavy atom. The number of anilines is 1. The van der Waals surface area contributed by atoms with Crippen LogP contribution in [0.5, 0.6) is 5.75 Å². The van der Waals surface area contributed by atoms with Crippen LogP contribution in [0.1, 0.15) is 37.7 Å². The molecule has 0 radical (unpaired) electrons. The van der Waals surface area contributed by atoms with Gasteiger partial charge in [-0.3, -0.25) is 9.48 Å². The van der Waals surface area contributed by atoms with E-state index in [0.29, 0.717) is 49.7 Å². The van der Waals surface area contributed by atoms with E-state index in [2.05, 4.69) is 16.4 Å². The number of hydrogen-bond acceptors (Lipinski definition) is 7. The molecular weight excluding hydrogens is 446 g/mol. The van der Waals surface area contributed by atoms with Crippen LogP contribution in [0.15, 0.2) is 30.5 Å². The monoisotopic (exact) mass is 473 g/mol. The molecule has 9 heteroatoms. The van der Waals surface area contributed by atoms with Crippen molar-refractivity contribution in [3.05, 3.63) is 36.0 Å². The van der Waals surface area contributed by atoms with E-state index in [4.69, 9.17) is 19.3 Å². The Kier molecular flexibility index (Phi) is 5.06. The minimum absolute atomic E-state index is 0.00402. The topological polar surface area (TPSA) is 111 Å². The predicted molar refractivity (Wildman–Crippen MR) is 128 cm³/mol. The molecule has 0 bridgehead atoms. The van der Waals surface area contributed by atoms with Crippen molar-refractivity contribution in [1.82, 2.24) is 14.8 Å². The number of pyridine rings is 1. The fraction of sp³-hybridized carbons (Fsp3) is 0.462. The molecule has 1 atom stereocenters. The fourth-order valence-electron chi connectivity index (χ4n) is 5.48. The Bertz CT molecular complexity index is 1370. The van der Waals surface area contributed by atoms with Gasteiger partial charge in [-0.2, -0.15) is 10.4 Å². The average Bonchev–Trinajstić information content (AvgIpc) is 3.41. The first kappa shape index (κ1) is 22.0. The Morgan fingerprint density at radius 3 is 2.80 bits per heavy atom. The molecule has 2 aliphatic carbocycles. The summed E-state index contributed by atoms with van der Waals surface area (Å²) in [4.78, 5) is 16.7. The van der Waals surface area contributed by atoms with E-state index >= 15 is 0 Å². The Hall–Kier alpha value is -3.48. The van der Waals surface area contributed by atoms with Gasteiger partial charge in [-0.05, 0) is 31.4 Å². The zero-order valence-corrected chi connectivity index (χ0v) is 19.8. The van der Waals surface area contributed by atoms with Crippen molar-refractivity contribution in [2.45, 2.75) is 43.3 Å². The number of hydrogen-bond donors (Lipinski definition) is 1. The molecule has 1 N–H and O–H groups in total. The number of aromatic nitrogens is 3. The highest BCUT2D eigenvalue weighted by molar-refractivity contribution is 5.99. The number of methoxy groups -OCH3 is 1. The zero-order valence-electron chi connectivity index (χ0n) is 19.8. The third-order valence-electron chi connectivity index (χ3n) is 7.46. The Labute approximate surface area is 203 Å². The molecule has 1 aliphatic heterocycles. The zero-order chi connectivity index (χ0) is 24.2. The van der Waals surface area contributed by atoms with Crippen molar-refractivity contribution < 1.29 is 19.0 Å². The van der Waals surface area contributed by atoms with Crippen LogP contribution in [-0.4, -0.2) is 46.8 Å². The number of para-hydroxylation sites is 1. The molecule has 1 aromatic carbocycles. The quantitative estimate of drug-likeness (QED) is 0.602. The number of ether oxygens (including phenoxy) is 3. The van der Waals surface area contributed by atoms with Crippen LogP contribution in [0.4, 0.5) is 5.82 Å². The van der Waals surface area contributed by atoms with Gasteiger partial charge in [0.1, 0.15) is 17.3 Å². The number of nitriles is 1. The number of aryl methyl sites for hydroxylation is 1. The first-order valence-corrected chi connectivity index (χ1v) is 12.0. The molecule has 2 aromatic heterocycles. The number of fused-ring (bicyclic) bond motifs is 1. The van der Waals surface area contributed by atoms with Gasteiger partial charge < -0.3 is 19.5 Å². The Morgan fingerprint density at radius 2 is 2.09 bits per heavy atom. The lowest BCUT2D eigenvalue weighted by atomic mass is 9.78. The number of carbonyl (C=O) groups is 1. The smallest absolute Gasteiger partial charge is 0.228 e. The lowest BCUT2D eigenvalue weighted by molar-refractivity contribution is -0.152. The van der Waals surface area contributed by atoms with Crippen molar-refractivity contribution >= 4 is 22.6 Å². The molecule has 3 aliphatic rings. The predicted octanol–water partition coefficient (Wildman–Crippen LogP) is 3.68. The number of carbonyl (C=O) groups excluding carboxylic acids is 1. The summed E-state index contributed by atoms with van der Waals surface area (Å²) in [5.41, 5.74) is 2.34. The maximum atomic E-state index is 12.3. The van der Waals surface area contributed by atoms with E-state index in [1.165, 1.54) is 0 Å². The van der Waals surface area contributed by atoms with Crippen molar-refractivity contribution in [3.63, 3.8) is 0 Å². The highest BCUT2D eigenvalue weighted by Gasteiger charge is 2.54. The van der Waals surface area contributed by atoms with Crippen molar-refractivity contribution in [2.24, 2.45) is 13.0 Å². The molecule has 35 heavy (non-hydrogen) atoms. The minimum atomic E-state index is -0.790. The van der Waals surface area contributed by atoms with E-state index < -0.39 is 11.2 Å². The third kappa shape index (κ3) is 3.56. The van der Waals surface area contributed by atoms with Crippen LogP contribution in [0.3, 0.4) is 0 Å². The van der Waals surface area contributed by atoms with Gasteiger partial charge in [0.25, 0.3) is 0 Å². The molecular formula is C26H27N5O4. The number of nitrogens with one attached hydrogen (secondary N) is 1. The first-order valence-electron chi connectivity index (χ1n) is 12.0.